The van der Waals surface area contributed by atoms with Crippen LogP contribution in [0.25, 0.3) is 0 Å². The lowest BCUT2D eigenvalue weighted by atomic mass is 9.98. The van der Waals surface area contributed by atoms with Crippen molar-refractivity contribution in [1.82, 2.24) is 0 Å². The number of piperidine rings is 1. The molecule has 0 N–H and O–H groups in total. The van der Waals surface area contributed by atoms with E-state index in [0.717, 1.165) is 12.8 Å². The van der Waals surface area contributed by atoms with Gasteiger partial charge in [-0.15, -0.1) is 0 Å². The zero-order valence-corrected chi connectivity index (χ0v) is 11.4. The van der Waals surface area contributed by atoms with Crippen LogP contribution in [-0.2, 0) is 4.74 Å². The topological polar surface area (TPSA) is 53.3 Å². The van der Waals surface area contributed by atoms with Gasteiger partial charge in [0.1, 0.15) is 5.82 Å². The summed E-state index contributed by atoms with van der Waals surface area (Å²) in [7, 11) is 0. The van der Waals surface area contributed by atoms with E-state index in [1.54, 1.807) is 19.1 Å². The Hall–Kier alpha value is -2.09. The summed E-state index contributed by atoms with van der Waals surface area (Å²) in [5.74, 6) is -0.875. The number of hydrogen-bond donors (Lipinski definition) is 0. The summed E-state index contributed by atoms with van der Waals surface area (Å²) in [6.45, 7) is 3.30. The van der Waals surface area contributed by atoms with Gasteiger partial charge in [0.25, 0.3) is 0 Å². The molecule has 5 heteroatoms. The van der Waals surface area contributed by atoms with Crippen LogP contribution in [0.15, 0.2) is 18.2 Å². The van der Waals surface area contributed by atoms with Crippen molar-refractivity contribution in [2.45, 2.75) is 19.8 Å². The van der Waals surface area contributed by atoms with E-state index in [4.69, 9.17) is 10.00 Å². The van der Waals surface area contributed by atoms with Gasteiger partial charge in [0, 0.05) is 19.0 Å². The first-order valence-electron chi connectivity index (χ1n) is 6.77. The molecule has 0 unspecified atom stereocenters. The van der Waals surface area contributed by atoms with Gasteiger partial charge in [-0.2, -0.15) is 5.26 Å². The van der Waals surface area contributed by atoms with E-state index in [-0.39, 0.29) is 18.1 Å². The van der Waals surface area contributed by atoms with E-state index in [9.17, 15) is 9.18 Å². The van der Waals surface area contributed by atoms with Crippen molar-refractivity contribution in [3.63, 3.8) is 0 Å². The number of nitriles is 1. The number of hydrogen-bond acceptors (Lipinski definition) is 4. The highest BCUT2D eigenvalue weighted by Gasteiger charge is 2.21. The highest BCUT2D eigenvalue weighted by molar-refractivity contribution is 5.89. The van der Waals surface area contributed by atoms with Crippen LogP contribution >= 0.6 is 0 Å². The van der Waals surface area contributed by atoms with Crippen molar-refractivity contribution in [1.29, 1.82) is 5.26 Å². The van der Waals surface area contributed by atoms with E-state index in [1.165, 1.54) is 6.07 Å². The minimum absolute atomic E-state index is 0.0631. The molecule has 0 aliphatic carbocycles. The van der Waals surface area contributed by atoms with Crippen LogP contribution in [0.4, 0.5) is 10.1 Å². The molecule has 0 saturated carbocycles. The van der Waals surface area contributed by atoms with Crippen LogP contribution in [0.2, 0.25) is 0 Å². The lowest BCUT2D eigenvalue weighted by Crippen LogP contribution is -2.33. The van der Waals surface area contributed by atoms with Gasteiger partial charge >= 0.3 is 5.97 Å². The molecule has 1 heterocycles. The number of benzene rings is 1. The molecule has 1 aliphatic rings. The van der Waals surface area contributed by atoms with E-state index in [0.29, 0.717) is 18.8 Å². The second-order valence-electron chi connectivity index (χ2n) is 4.78. The maximum atomic E-state index is 14.1. The van der Waals surface area contributed by atoms with E-state index >= 15 is 0 Å². The van der Waals surface area contributed by atoms with Crippen LogP contribution in [0.1, 0.15) is 30.1 Å². The second-order valence-corrected chi connectivity index (χ2v) is 4.78. The molecule has 0 bridgehead atoms. The monoisotopic (exact) mass is 276 g/mol. The molecule has 0 amide bonds. The van der Waals surface area contributed by atoms with Gasteiger partial charge in [-0.3, -0.25) is 0 Å². The zero-order valence-electron chi connectivity index (χ0n) is 11.4. The van der Waals surface area contributed by atoms with Gasteiger partial charge in [-0.05, 0) is 38.0 Å². The Bertz CT molecular complexity index is 531. The number of anilines is 1. The molecule has 1 aliphatic heterocycles. The molecule has 0 radical (unpaired) electrons. The van der Waals surface area contributed by atoms with E-state index in [1.807, 2.05) is 4.90 Å². The Balaban J connectivity index is 2.11. The molecule has 2 rings (SSSR count). The fourth-order valence-electron chi connectivity index (χ4n) is 2.35. The Labute approximate surface area is 117 Å². The Kier molecular flexibility index (Phi) is 4.57. The normalized spacial score (nSPS) is 15.8. The average Bonchev–Trinajstić information content (AvgIpc) is 2.47. The maximum absolute atomic E-state index is 14.1. The molecule has 1 aromatic rings. The number of rotatable bonds is 3. The van der Waals surface area contributed by atoms with Crippen LogP contribution in [-0.4, -0.2) is 25.7 Å². The number of nitrogens with zero attached hydrogens (tertiary/aromatic N) is 2. The highest BCUT2D eigenvalue weighted by Crippen LogP contribution is 2.26. The Morgan fingerprint density at radius 2 is 2.20 bits per heavy atom. The number of carbonyl (C=O) groups excluding carboxylic acids is 1. The van der Waals surface area contributed by atoms with Crippen LogP contribution < -0.4 is 4.90 Å². The van der Waals surface area contributed by atoms with Crippen LogP contribution in [0.5, 0.6) is 0 Å². The minimum Gasteiger partial charge on any atom is -0.462 e. The van der Waals surface area contributed by atoms with Gasteiger partial charge in [-0.1, -0.05) is 0 Å². The van der Waals surface area contributed by atoms with Gasteiger partial charge in [0.15, 0.2) is 0 Å². The third-order valence-electron chi connectivity index (χ3n) is 3.48. The van der Waals surface area contributed by atoms with Crippen LogP contribution in [0, 0.1) is 23.1 Å². The third kappa shape index (κ3) is 3.08. The summed E-state index contributed by atoms with van der Waals surface area (Å²) in [5.41, 5.74) is 0.703. The summed E-state index contributed by atoms with van der Waals surface area (Å²) in [6.07, 6.45) is 1.49. The largest absolute Gasteiger partial charge is 0.462 e. The van der Waals surface area contributed by atoms with E-state index in [2.05, 4.69) is 6.07 Å². The number of halogens is 1. The standard InChI is InChI=1S/C15H17FN2O2/c1-2-20-15(19)12-3-4-14(13(16)9-12)18-7-5-11(10-17)6-8-18/h3-4,9,11H,2,5-8H2,1H3. The average molecular weight is 276 g/mol. The predicted octanol–water partition coefficient (Wildman–Crippen LogP) is 2.74. The molecular formula is C15H17FN2O2. The lowest BCUT2D eigenvalue weighted by Gasteiger charge is -2.31. The molecular weight excluding hydrogens is 259 g/mol. The molecule has 0 atom stereocenters. The SMILES string of the molecule is CCOC(=O)c1ccc(N2CCC(C#N)CC2)c(F)c1. The fraction of sp³-hybridized carbons (Fsp3) is 0.467. The molecule has 1 saturated heterocycles. The Morgan fingerprint density at radius 3 is 2.75 bits per heavy atom. The quantitative estimate of drug-likeness (QED) is 0.797. The summed E-state index contributed by atoms with van der Waals surface area (Å²) >= 11 is 0. The van der Waals surface area contributed by atoms with Gasteiger partial charge < -0.3 is 9.64 Å². The Morgan fingerprint density at radius 1 is 1.50 bits per heavy atom. The molecule has 106 valence electrons. The summed E-state index contributed by atoms with van der Waals surface area (Å²) in [6, 6.07) is 6.64. The predicted molar refractivity (Wildman–Crippen MR) is 72.9 cm³/mol. The van der Waals surface area contributed by atoms with Gasteiger partial charge in [-0.25, -0.2) is 9.18 Å². The maximum Gasteiger partial charge on any atom is 0.338 e. The third-order valence-corrected chi connectivity index (χ3v) is 3.48. The van der Waals surface area contributed by atoms with E-state index < -0.39 is 11.8 Å². The van der Waals surface area contributed by atoms with Crippen molar-refractivity contribution in [3.05, 3.63) is 29.6 Å². The number of ether oxygens (including phenoxy) is 1. The first-order chi connectivity index (χ1) is 9.65. The smallest absolute Gasteiger partial charge is 0.338 e. The summed E-state index contributed by atoms with van der Waals surface area (Å²) < 4.78 is 18.9. The zero-order chi connectivity index (χ0) is 14.5. The van der Waals surface area contributed by atoms with Crippen molar-refractivity contribution in [2.75, 3.05) is 24.6 Å². The molecule has 0 aromatic heterocycles. The van der Waals surface area contributed by atoms with Gasteiger partial charge in [0.05, 0.1) is 23.9 Å². The summed E-state index contributed by atoms with van der Waals surface area (Å²) in [5, 5.41) is 8.86. The van der Waals surface area contributed by atoms with Crippen LogP contribution in [0.3, 0.4) is 0 Å². The first kappa shape index (κ1) is 14.3. The number of esters is 1. The first-order valence-corrected chi connectivity index (χ1v) is 6.77. The molecule has 4 nitrogen and oxygen atoms in total. The fourth-order valence-corrected chi connectivity index (χ4v) is 2.35. The molecule has 1 fully saturated rings. The molecule has 20 heavy (non-hydrogen) atoms. The van der Waals surface area contributed by atoms with Crippen molar-refractivity contribution in [3.8, 4) is 6.07 Å². The summed E-state index contributed by atoms with van der Waals surface area (Å²) in [4.78, 5) is 13.4. The van der Waals surface area contributed by atoms with Crippen molar-refractivity contribution >= 4 is 11.7 Å². The minimum atomic E-state index is -0.513. The highest BCUT2D eigenvalue weighted by atomic mass is 19.1. The second kappa shape index (κ2) is 6.38. The molecule has 0 spiro atoms. The van der Waals surface area contributed by atoms with Crippen molar-refractivity contribution in [2.24, 2.45) is 5.92 Å². The lowest BCUT2D eigenvalue weighted by molar-refractivity contribution is 0.0526. The molecule has 1 aromatic carbocycles. The van der Waals surface area contributed by atoms with Gasteiger partial charge in [0.2, 0.25) is 0 Å². The number of carbonyl (C=O) groups is 1. The van der Waals surface area contributed by atoms with Crippen molar-refractivity contribution < 1.29 is 13.9 Å².